The zero-order chi connectivity index (χ0) is 14.5. The van der Waals surface area contributed by atoms with Crippen LogP contribution in [-0.2, 0) is 5.54 Å². The molecule has 1 unspecified atom stereocenters. The normalized spacial score (nSPS) is 23.0. The number of nitrogens with zero attached hydrogens (tertiary/aromatic N) is 1. The smallest absolute Gasteiger partial charge is 0.0510 e. The van der Waals surface area contributed by atoms with Crippen molar-refractivity contribution in [2.45, 2.75) is 56.9 Å². The summed E-state index contributed by atoms with van der Waals surface area (Å²) < 4.78 is 0. The maximum atomic E-state index is 9.83. The third-order valence-corrected chi connectivity index (χ3v) is 5.72. The largest absolute Gasteiger partial charge is 0.396 e. The summed E-state index contributed by atoms with van der Waals surface area (Å²) in [5, 5.41) is 9.83. The first-order valence-corrected chi connectivity index (χ1v) is 8.79. The van der Waals surface area contributed by atoms with Crippen LogP contribution in [0.15, 0.2) is 30.3 Å². The minimum Gasteiger partial charge on any atom is -0.396 e. The lowest BCUT2D eigenvalue weighted by molar-refractivity contribution is 0.00640. The molecule has 2 aliphatic rings. The van der Waals surface area contributed by atoms with Crippen LogP contribution < -0.4 is 0 Å². The summed E-state index contributed by atoms with van der Waals surface area (Å²) >= 11 is 0. The third-order valence-electron chi connectivity index (χ3n) is 5.72. The molecule has 3 rings (SSSR count). The average molecular weight is 324 g/mol. The summed E-state index contributed by atoms with van der Waals surface area (Å²) in [7, 11) is 0. The van der Waals surface area contributed by atoms with Gasteiger partial charge in [-0.05, 0) is 56.7 Å². The van der Waals surface area contributed by atoms with Crippen LogP contribution in [0, 0.1) is 5.92 Å². The highest BCUT2D eigenvalue weighted by atomic mass is 35.5. The van der Waals surface area contributed by atoms with Crippen molar-refractivity contribution >= 4 is 12.4 Å². The molecule has 1 saturated carbocycles. The number of aliphatic hydroxyl groups excluding tert-OH is 1. The molecule has 0 bridgehead atoms. The maximum Gasteiger partial charge on any atom is 0.0510 e. The van der Waals surface area contributed by atoms with Gasteiger partial charge >= 0.3 is 0 Å². The topological polar surface area (TPSA) is 23.5 Å². The first kappa shape index (κ1) is 17.8. The molecular weight excluding hydrogens is 294 g/mol. The molecule has 1 aliphatic carbocycles. The second-order valence-electron chi connectivity index (χ2n) is 6.79. The van der Waals surface area contributed by atoms with Gasteiger partial charge < -0.3 is 5.11 Å². The molecule has 22 heavy (non-hydrogen) atoms. The van der Waals surface area contributed by atoms with E-state index in [-0.39, 0.29) is 17.9 Å². The number of hydrogen-bond donors (Lipinski definition) is 1. The molecule has 1 aromatic carbocycles. The van der Waals surface area contributed by atoms with Gasteiger partial charge in [-0.25, -0.2) is 0 Å². The Morgan fingerprint density at radius 3 is 2.18 bits per heavy atom. The molecule has 0 amide bonds. The van der Waals surface area contributed by atoms with Crippen molar-refractivity contribution in [3.8, 4) is 0 Å². The monoisotopic (exact) mass is 323 g/mol. The van der Waals surface area contributed by atoms with Gasteiger partial charge in [-0.15, -0.1) is 12.4 Å². The van der Waals surface area contributed by atoms with Gasteiger partial charge in [0.2, 0.25) is 0 Å². The zero-order valence-electron chi connectivity index (χ0n) is 13.5. The summed E-state index contributed by atoms with van der Waals surface area (Å²) in [5.41, 5.74) is 1.51. The molecule has 3 heteroatoms. The van der Waals surface area contributed by atoms with Crippen molar-refractivity contribution in [1.29, 1.82) is 0 Å². The van der Waals surface area contributed by atoms with E-state index in [4.69, 9.17) is 0 Å². The molecule has 1 N–H and O–H groups in total. The molecule has 0 spiro atoms. The number of benzene rings is 1. The number of halogens is 1. The number of aliphatic hydroxyl groups is 1. The van der Waals surface area contributed by atoms with Crippen LogP contribution in [0.2, 0.25) is 0 Å². The molecule has 1 saturated heterocycles. The Kier molecular flexibility index (Phi) is 6.73. The van der Waals surface area contributed by atoms with Crippen molar-refractivity contribution in [3.63, 3.8) is 0 Å². The van der Waals surface area contributed by atoms with E-state index in [0.717, 1.165) is 6.42 Å². The summed E-state index contributed by atoms with van der Waals surface area (Å²) in [6.45, 7) is 2.69. The summed E-state index contributed by atoms with van der Waals surface area (Å²) in [4.78, 5) is 2.70. The fourth-order valence-electron chi connectivity index (χ4n) is 4.78. The van der Waals surface area contributed by atoms with Gasteiger partial charge in [-0.1, -0.05) is 49.6 Å². The lowest BCUT2D eigenvalue weighted by Crippen LogP contribution is -2.51. The SMILES string of the molecule is Cl.OCCC(c1ccccc1)(C1CCCCC1)N1CCCC1. The molecule has 1 atom stereocenters. The highest BCUT2D eigenvalue weighted by molar-refractivity contribution is 5.85. The number of hydrogen-bond acceptors (Lipinski definition) is 2. The minimum absolute atomic E-state index is 0. The zero-order valence-corrected chi connectivity index (χ0v) is 14.4. The van der Waals surface area contributed by atoms with E-state index >= 15 is 0 Å². The molecule has 2 fully saturated rings. The van der Waals surface area contributed by atoms with E-state index < -0.39 is 0 Å². The minimum atomic E-state index is 0. The van der Waals surface area contributed by atoms with Gasteiger partial charge in [0.25, 0.3) is 0 Å². The highest BCUT2D eigenvalue weighted by Gasteiger charge is 2.45. The van der Waals surface area contributed by atoms with Gasteiger partial charge in [0.05, 0.1) is 5.54 Å². The third kappa shape index (κ3) is 3.34. The van der Waals surface area contributed by atoms with Crippen molar-refractivity contribution in [1.82, 2.24) is 4.90 Å². The molecule has 0 radical (unpaired) electrons. The van der Waals surface area contributed by atoms with E-state index in [1.165, 1.54) is 63.6 Å². The predicted octanol–water partition coefficient (Wildman–Crippen LogP) is 4.36. The Balaban J connectivity index is 0.00000176. The highest BCUT2D eigenvalue weighted by Crippen LogP contribution is 2.47. The molecular formula is C19H30ClNO. The van der Waals surface area contributed by atoms with Crippen LogP contribution in [0.5, 0.6) is 0 Å². The average Bonchev–Trinajstić information content (AvgIpc) is 3.09. The van der Waals surface area contributed by atoms with Gasteiger partial charge in [0, 0.05) is 6.61 Å². The van der Waals surface area contributed by atoms with Gasteiger partial charge in [-0.3, -0.25) is 4.90 Å². The van der Waals surface area contributed by atoms with E-state index in [1.807, 2.05) is 0 Å². The van der Waals surface area contributed by atoms with E-state index in [0.29, 0.717) is 12.5 Å². The second kappa shape index (κ2) is 8.33. The molecule has 2 nitrogen and oxygen atoms in total. The van der Waals surface area contributed by atoms with Crippen LogP contribution in [0.1, 0.15) is 56.9 Å². The van der Waals surface area contributed by atoms with Crippen molar-refractivity contribution in [2.24, 2.45) is 5.92 Å². The van der Waals surface area contributed by atoms with Crippen molar-refractivity contribution in [3.05, 3.63) is 35.9 Å². The second-order valence-corrected chi connectivity index (χ2v) is 6.79. The van der Waals surface area contributed by atoms with Gasteiger partial charge in [0.1, 0.15) is 0 Å². The summed E-state index contributed by atoms with van der Waals surface area (Å²) in [6.07, 6.45) is 10.3. The van der Waals surface area contributed by atoms with E-state index in [2.05, 4.69) is 35.2 Å². The number of rotatable bonds is 5. The van der Waals surface area contributed by atoms with E-state index in [1.54, 1.807) is 0 Å². The molecule has 0 aromatic heterocycles. The number of likely N-dealkylation sites (tertiary alicyclic amines) is 1. The fraction of sp³-hybridized carbons (Fsp3) is 0.684. The quantitative estimate of drug-likeness (QED) is 0.870. The molecule has 1 heterocycles. The Labute approximate surface area is 141 Å². The van der Waals surface area contributed by atoms with Crippen LogP contribution in [0.25, 0.3) is 0 Å². The standard InChI is InChI=1S/C19H29NO.ClH/c21-16-13-19(20-14-7-8-15-20,17-9-3-1-4-10-17)18-11-5-2-6-12-18;/h1,3-4,9-10,18,21H,2,5-8,11-16H2;1H. The summed E-state index contributed by atoms with van der Waals surface area (Å²) in [5.74, 6) is 0.707. The van der Waals surface area contributed by atoms with Crippen molar-refractivity contribution in [2.75, 3.05) is 19.7 Å². The summed E-state index contributed by atoms with van der Waals surface area (Å²) in [6, 6.07) is 11.0. The van der Waals surface area contributed by atoms with Gasteiger partial charge in [-0.2, -0.15) is 0 Å². The Morgan fingerprint density at radius 1 is 0.955 bits per heavy atom. The molecule has 1 aliphatic heterocycles. The predicted molar refractivity (Wildman–Crippen MR) is 94.5 cm³/mol. The first-order valence-electron chi connectivity index (χ1n) is 8.79. The van der Waals surface area contributed by atoms with Crippen LogP contribution in [0.4, 0.5) is 0 Å². The Bertz CT molecular complexity index is 426. The Hall–Kier alpha value is -0.570. The van der Waals surface area contributed by atoms with Crippen molar-refractivity contribution < 1.29 is 5.11 Å². The van der Waals surface area contributed by atoms with E-state index in [9.17, 15) is 5.11 Å². The molecule has 124 valence electrons. The first-order chi connectivity index (χ1) is 10.4. The van der Waals surface area contributed by atoms with Crippen LogP contribution >= 0.6 is 12.4 Å². The lowest BCUT2D eigenvalue weighted by atomic mass is 9.68. The Morgan fingerprint density at radius 2 is 1.59 bits per heavy atom. The van der Waals surface area contributed by atoms with Crippen LogP contribution in [0.3, 0.4) is 0 Å². The fourth-order valence-corrected chi connectivity index (χ4v) is 4.78. The lowest BCUT2D eigenvalue weighted by Gasteiger charge is -2.49. The van der Waals surface area contributed by atoms with Gasteiger partial charge in [0.15, 0.2) is 0 Å². The molecule has 1 aromatic rings. The van der Waals surface area contributed by atoms with Crippen LogP contribution in [-0.4, -0.2) is 29.7 Å². The maximum absolute atomic E-state index is 9.83.